The quantitative estimate of drug-likeness (QED) is 0.0884. The second-order valence-corrected chi connectivity index (χ2v) is 16.4. The normalized spacial score (nSPS) is 18.0. The number of aromatic nitrogens is 2. The molecule has 0 spiro atoms. The third-order valence-electron chi connectivity index (χ3n) is 12.0. The number of carbonyl (C=O) groups excluding carboxylic acids is 6. The molecule has 4 aliphatic rings. The van der Waals surface area contributed by atoms with Crippen molar-refractivity contribution >= 4 is 81.4 Å². The Bertz CT molecular complexity index is 2450. The van der Waals surface area contributed by atoms with Gasteiger partial charge in [-0.25, -0.2) is 4.98 Å². The largest absolute Gasteiger partial charge is 0.494 e. The van der Waals surface area contributed by atoms with Crippen molar-refractivity contribution in [2.75, 3.05) is 86.4 Å². The molecule has 3 fully saturated rings. The number of rotatable bonds is 14. The molecular weight excluding hydrogens is 828 g/mol. The van der Waals surface area contributed by atoms with Crippen LogP contribution in [0.5, 0.6) is 5.75 Å². The van der Waals surface area contributed by atoms with E-state index in [1.165, 1.54) is 13.1 Å². The average Bonchev–Trinajstić information content (AvgIpc) is 3.54. The molecule has 3 saturated heterocycles. The molecule has 3 aromatic carbocycles. The van der Waals surface area contributed by atoms with Gasteiger partial charge in [0, 0.05) is 88.2 Å². The van der Waals surface area contributed by atoms with Crippen molar-refractivity contribution in [1.82, 2.24) is 30.0 Å². The van der Waals surface area contributed by atoms with Crippen LogP contribution in [0.3, 0.4) is 0 Å². The van der Waals surface area contributed by atoms with Gasteiger partial charge in [0.15, 0.2) is 11.6 Å². The summed E-state index contributed by atoms with van der Waals surface area (Å²) in [4.78, 5) is 94.4. The molecule has 1 atom stereocenters. The summed E-state index contributed by atoms with van der Waals surface area (Å²) in [5.74, 6) is -0.726. The fourth-order valence-electron chi connectivity index (χ4n) is 8.51. The van der Waals surface area contributed by atoms with E-state index in [-0.39, 0.29) is 41.6 Å². The van der Waals surface area contributed by atoms with E-state index in [1.54, 1.807) is 37.4 Å². The molecule has 328 valence electrons. The molecular formula is C45H49ClN10O7. The molecule has 5 amide bonds. The van der Waals surface area contributed by atoms with E-state index in [2.05, 4.69) is 40.6 Å². The van der Waals surface area contributed by atoms with Gasteiger partial charge in [0.1, 0.15) is 16.8 Å². The molecule has 63 heavy (non-hydrogen) atoms. The number of benzene rings is 3. The number of carbonyl (C=O) groups is 6. The molecule has 17 nitrogen and oxygen atoms in total. The molecule has 0 aliphatic carbocycles. The lowest BCUT2D eigenvalue weighted by Crippen LogP contribution is -2.54. The summed E-state index contributed by atoms with van der Waals surface area (Å²) in [6.45, 7) is 8.18. The number of unbranched alkanes of at least 4 members (excludes halogenated alkanes) is 1. The van der Waals surface area contributed by atoms with E-state index < -0.39 is 29.7 Å². The lowest BCUT2D eigenvalue weighted by Gasteiger charge is -2.37. The molecule has 18 heteroatoms. The standard InChI is InChI=1S/C45H49ClN10O7/c1-28(57)31-7-3-4-8-35(31)48-41-34(46)27-47-45(51-41)49-36-13-11-30(26-38(36)63-2)54-21-23-55(24-22-54)40(59)9-5-6-16-52-17-19-53(20-18-52)29-10-12-32-33(25-29)44(62)56(43(32)61)37-14-15-39(58)50-42(37)60/h3-4,7-8,10-13,25-27,37H,5-6,9,14-24H2,1-2H3,(H,50,58,60)(H2,47,48,49,51). The van der Waals surface area contributed by atoms with E-state index in [9.17, 15) is 28.8 Å². The molecule has 0 bridgehead atoms. The Kier molecular flexibility index (Phi) is 12.9. The van der Waals surface area contributed by atoms with Gasteiger partial charge in [0.25, 0.3) is 11.8 Å². The fourth-order valence-corrected chi connectivity index (χ4v) is 8.65. The molecule has 0 radical (unpaired) electrons. The molecule has 3 N–H and O–H groups in total. The number of amides is 5. The SMILES string of the molecule is COc1cc(N2CCN(C(=O)CCCCN3CCN(c4ccc5c(c4)C(=O)N(C4CCC(=O)NC4=O)C5=O)CC3)CC2)ccc1Nc1ncc(Cl)c(Nc2ccccc2C(C)=O)n1. The van der Waals surface area contributed by atoms with Crippen LogP contribution in [0.1, 0.15) is 70.1 Å². The minimum atomic E-state index is -0.989. The van der Waals surface area contributed by atoms with Crippen LogP contribution in [0.15, 0.2) is 66.9 Å². The number of nitrogens with zero attached hydrogens (tertiary/aromatic N) is 7. The van der Waals surface area contributed by atoms with Crippen LogP contribution in [-0.4, -0.2) is 132 Å². The molecule has 4 aromatic rings. The summed E-state index contributed by atoms with van der Waals surface area (Å²) in [5.41, 5.74) is 4.14. The first-order chi connectivity index (χ1) is 30.5. The van der Waals surface area contributed by atoms with Crippen molar-refractivity contribution in [3.05, 3.63) is 88.6 Å². The number of hydrogen-bond donors (Lipinski definition) is 3. The topological polar surface area (TPSA) is 190 Å². The zero-order valence-corrected chi connectivity index (χ0v) is 35.9. The second-order valence-electron chi connectivity index (χ2n) is 16.0. The number of ether oxygens (including phenoxy) is 1. The number of piperazine rings is 2. The summed E-state index contributed by atoms with van der Waals surface area (Å²) in [6.07, 6.45) is 3.89. The van der Waals surface area contributed by atoms with Crippen LogP contribution in [0.2, 0.25) is 5.02 Å². The van der Waals surface area contributed by atoms with Crippen molar-refractivity contribution in [1.29, 1.82) is 0 Å². The van der Waals surface area contributed by atoms with Crippen LogP contribution in [0, 0.1) is 0 Å². The Hall–Kier alpha value is -6.59. The number of fused-ring (bicyclic) bond motifs is 1. The highest BCUT2D eigenvalue weighted by molar-refractivity contribution is 6.33. The van der Waals surface area contributed by atoms with Gasteiger partial charge < -0.3 is 30.1 Å². The predicted octanol–water partition coefficient (Wildman–Crippen LogP) is 4.87. The lowest BCUT2D eigenvalue weighted by atomic mass is 10.0. The minimum absolute atomic E-state index is 0.0787. The van der Waals surface area contributed by atoms with Crippen molar-refractivity contribution in [3.8, 4) is 5.75 Å². The fraction of sp³-hybridized carbons (Fsp3) is 0.378. The maximum atomic E-state index is 13.3. The van der Waals surface area contributed by atoms with Gasteiger partial charge in [0.2, 0.25) is 23.7 Å². The minimum Gasteiger partial charge on any atom is -0.494 e. The van der Waals surface area contributed by atoms with Gasteiger partial charge in [-0.3, -0.25) is 43.9 Å². The maximum Gasteiger partial charge on any atom is 0.262 e. The zero-order valence-electron chi connectivity index (χ0n) is 35.2. The lowest BCUT2D eigenvalue weighted by molar-refractivity contribution is -0.136. The first-order valence-corrected chi connectivity index (χ1v) is 21.6. The van der Waals surface area contributed by atoms with Gasteiger partial charge in [-0.15, -0.1) is 0 Å². The molecule has 0 saturated carbocycles. The Morgan fingerprint density at radius 3 is 2.25 bits per heavy atom. The number of halogens is 1. The van der Waals surface area contributed by atoms with Gasteiger partial charge in [0.05, 0.1) is 35.8 Å². The molecule has 1 unspecified atom stereocenters. The molecule has 1 aromatic heterocycles. The first kappa shape index (κ1) is 43.1. The highest BCUT2D eigenvalue weighted by atomic mass is 35.5. The summed E-state index contributed by atoms with van der Waals surface area (Å²) < 4.78 is 5.74. The number of imide groups is 2. The molecule has 8 rings (SSSR count). The Morgan fingerprint density at radius 2 is 1.52 bits per heavy atom. The number of methoxy groups -OCH3 is 1. The van der Waals surface area contributed by atoms with Crippen molar-refractivity contribution in [3.63, 3.8) is 0 Å². The Labute approximate surface area is 369 Å². The van der Waals surface area contributed by atoms with E-state index in [1.807, 2.05) is 35.2 Å². The van der Waals surface area contributed by atoms with Gasteiger partial charge in [-0.1, -0.05) is 23.7 Å². The van der Waals surface area contributed by atoms with Crippen LogP contribution >= 0.6 is 11.6 Å². The van der Waals surface area contributed by atoms with Gasteiger partial charge in [-0.05, 0) is 75.2 Å². The highest BCUT2D eigenvalue weighted by Crippen LogP contribution is 2.34. The second kappa shape index (κ2) is 18.8. The summed E-state index contributed by atoms with van der Waals surface area (Å²) in [5, 5.41) is 8.89. The third-order valence-corrected chi connectivity index (χ3v) is 12.3. The summed E-state index contributed by atoms with van der Waals surface area (Å²) in [6, 6.07) is 17.2. The molecule has 5 heterocycles. The number of piperidine rings is 1. The van der Waals surface area contributed by atoms with E-state index >= 15 is 0 Å². The number of hydrogen-bond acceptors (Lipinski definition) is 14. The number of nitrogens with one attached hydrogen (secondary N) is 3. The average molecular weight is 877 g/mol. The first-order valence-electron chi connectivity index (χ1n) is 21.2. The monoisotopic (exact) mass is 876 g/mol. The van der Waals surface area contributed by atoms with E-state index in [0.29, 0.717) is 66.1 Å². The number of Topliss-reactive ketones (excluding diaryl/α,β-unsaturated/α-hetero) is 1. The van der Waals surface area contributed by atoms with Crippen LogP contribution in [0.4, 0.5) is 34.5 Å². The summed E-state index contributed by atoms with van der Waals surface area (Å²) in [7, 11) is 1.60. The van der Waals surface area contributed by atoms with Crippen LogP contribution in [-0.2, 0) is 14.4 Å². The maximum absolute atomic E-state index is 13.3. The number of ketones is 1. The number of anilines is 6. The van der Waals surface area contributed by atoms with Gasteiger partial charge >= 0.3 is 0 Å². The van der Waals surface area contributed by atoms with Gasteiger partial charge in [-0.2, -0.15) is 4.98 Å². The highest BCUT2D eigenvalue weighted by Gasteiger charge is 2.45. The number of para-hydroxylation sites is 1. The predicted molar refractivity (Wildman–Crippen MR) is 237 cm³/mol. The third kappa shape index (κ3) is 9.44. The van der Waals surface area contributed by atoms with Crippen molar-refractivity contribution in [2.45, 2.75) is 45.1 Å². The Morgan fingerprint density at radius 1 is 0.825 bits per heavy atom. The van der Waals surface area contributed by atoms with Crippen molar-refractivity contribution in [2.24, 2.45) is 0 Å². The smallest absolute Gasteiger partial charge is 0.262 e. The van der Waals surface area contributed by atoms with Crippen LogP contribution < -0.4 is 30.5 Å². The van der Waals surface area contributed by atoms with Crippen LogP contribution in [0.25, 0.3) is 0 Å². The zero-order chi connectivity index (χ0) is 44.2. The van der Waals surface area contributed by atoms with E-state index in [4.69, 9.17) is 16.3 Å². The van der Waals surface area contributed by atoms with Crippen molar-refractivity contribution < 1.29 is 33.5 Å². The summed E-state index contributed by atoms with van der Waals surface area (Å²) >= 11 is 6.41. The molecule has 4 aliphatic heterocycles. The van der Waals surface area contributed by atoms with E-state index in [0.717, 1.165) is 61.8 Å². The Balaban J connectivity index is 0.762.